The molecular formula is C38H63N5O11. The molecule has 306 valence electrons. The number of ether oxygens (including phenoxy) is 5. The van der Waals surface area contributed by atoms with Gasteiger partial charge in [0, 0.05) is 58.3 Å². The fraction of sp³-hybridized carbons (Fsp3) is 0.789. The lowest BCUT2D eigenvalue weighted by atomic mass is 9.81. The molecule has 0 aliphatic carbocycles. The smallest absolute Gasteiger partial charge is 0.330 e. The van der Waals surface area contributed by atoms with E-state index in [1.807, 2.05) is 6.92 Å². The molecule has 0 radical (unpaired) electrons. The summed E-state index contributed by atoms with van der Waals surface area (Å²) in [7, 11) is 1.48. The largest absolute Gasteiger partial charge is 0.455 e. The average Bonchev–Trinajstić information content (AvgIpc) is 3.48. The molecule has 0 saturated carbocycles. The maximum atomic E-state index is 12.8. The first-order valence-corrected chi connectivity index (χ1v) is 19.6. The lowest BCUT2D eigenvalue weighted by Crippen LogP contribution is -2.57. The van der Waals surface area contributed by atoms with Gasteiger partial charge in [0.2, 0.25) is 17.7 Å². The van der Waals surface area contributed by atoms with E-state index in [1.54, 1.807) is 6.92 Å². The van der Waals surface area contributed by atoms with Crippen molar-refractivity contribution in [3.63, 3.8) is 0 Å². The maximum absolute atomic E-state index is 12.8. The highest BCUT2D eigenvalue weighted by molar-refractivity contribution is 5.81. The second kappa shape index (κ2) is 22.7. The fourth-order valence-corrected chi connectivity index (χ4v) is 6.96. The van der Waals surface area contributed by atoms with E-state index in [2.05, 4.69) is 41.7 Å². The molecule has 0 bridgehead atoms. The summed E-state index contributed by atoms with van der Waals surface area (Å²) in [6.07, 6.45) is 3.92. The van der Waals surface area contributed by atoms with Gasteiger partial charge in [-0.05, 0) is 57.3 Å². The van der Waals surface area contributed by atoms with Crippen LogP contribution >= 0.6 is 0 Å². The highest BCUT2D eigenvalue weighted by Crippen LogP contribution is 2.35. The van der Waals surface area contributed by atoms with E-state index in [1.165, 1.54) is 24.7 Å². The molecule has 1 aromatic heterocycles. The Balaban J connectivity index is 1.38. The van der Waals surface area contributed by atoms with E-state index >= 15 is 0 Å². The van der Waals surface area contributed by atoms with Crippen molar-refractivity contribution in [3.05, 3.63) is 32.6 Å². The van der Waals surface area contributed by atoms with E-state index in [9.17, 15) is 28.8 Å². The Hall–Kier alpha value is -3.60. The van der Waals surface area contributed by atoms with Crippen LogP contribution in [0.1, 0.15) is 117 Å². The first-order valence-electron chi connectivity index (χ1n) is 19.6. The number of esters is 1. The number of carbonyl (C=O) groups is 4. The van der Waals surface area contributed by atoms with E-state index in [-0.39, 0.29) is 48.6 Å². The fourth-order valence-electron chi connectivity index (χ4n) is 6.96. The van der Waals surface area contributed by atoms with Gasteiger partial charge in [-0.2, -0.15) is 0 Å². The van der Waals surface area contributed by atoms with Crippen LogP contribution < -0.4 is 27.2 Å². The second-order valence-electron chi connectivity index (χ2n) is 14.4. The topological polar surface area (TPSA) is 205 Å². The maximum Gasteiger partial charge on any atom is 0.330 e. The van der Waals surface area contributed by atoms with Gasteiger partial charge in [-0.3, -0.25) is 33.5 Å². The van der Waals surface area contributed by atoms with Crippen molar-refractivity contribution >= 4 is 23.7 Å². The van der Waals surface area contributed by atoms with E-state index in [0.717, 1.165) is 25.7 Å². The number of H-pyrrole nitrogens is 1. The number of aromatic nitrogens is 2. The van der Waals surface area contributed by atoms with Gasteiger partial charge in [0.25, 0.3) is 5.56 Å². The summed E-state index contributed by atoms with van der Waals surface area (Å²) in [6, 6.07) is -0.216. The van der Waals surface area contributed by atoms with Crippen LogP contribution in [0.4, 0.5) is 0 Å². The Labute approximate surface area is 318 Å². The Morgan fingerprint density at radius 1 is 0.833 bits per heavy atom. The summed E-state index contributed by atoms with van der Waals surface area (Å²) in [5.41, 5.74) is -0.927. The standard InChI is InChI=1S/C38H63N5O11/c1-8-27-24(4)25(5)32(41-26(6)44)37(53-27)51-21-15-12-16-30(46)40-19-13-10-11-14-20-50-33-28(9-2)52-36(43-22-23(3)35(48)42-38(43)49)34(33)54-31(47)18-17-29(45)39-7/h22,24-25,27-28,32-34,36-37H,8-21H2,1-7H3,(H,39,45)(H,40,46)(H,41,44)(H,42,48,49)/t24-,25+,27-,28-,32-,33?,34+,36-,37-/m1/s1. The van der Waals surface area contributed by atoms with Crippen molar-refractivity contribution in [1.82, 2.24) is 25.5 Å². The van der Waals surface area contributed by atoms with E-state index in [4.69, 9.17) is 23.7 Å². The minimum atomic E-state index is -1.03. The minimum absolute atomic E-state index is 0.00837. The molecule has 9 atom stereocenters. The highest BCUT2D eigenvalue weighted by atomic mass is 16.7. The van der Waals surface area contributed by atoms with Crippen LogP contribution in [0.25, 0.3) is 0 Å². The van der Waals surface area contributed by atoms with Gasteiger partial charge in [0.1, 0.15) is 6.10 Å². The van der Waals surface area contributed by atoms with Gasteiger partial charge >= 0.3 is 11.7 Å². The lowest BCUT2D eigenvalue weighted by molar-refractivity contribution is -0.236. The number of amides is 3. The van der Waals surface area contributed by atoms with Crippen molar-refractivity contribution in [2.45, 2.75) is 155 Å². The molecule has 54 heavy (non-hydrogen) atoms. The van der Waals surface area contributed by atoms with Crippen molar-refractivity contribution in [1.29, 1.82) is 0 Å². The molecule has 1 unspecified atom stereocenters. The molecule has 3 heterocycles. The van der Waals surface area contributed by atoms with Gasteiger partial charge in [-0.25, -0.2) is 4.79 Å². The molecule has 1 aromatic rings. The first kappa shape index (κ1) is 44.8. The molecule has 0 spiro atoms. The Morgan fingerprint density at radius 2 is 1.52 bits per heavy atom. The van der Waals surface area contributed by atoms with Gasteiger partial charge in [-0.1, -0.05) is 40.5 Å². The predicted molar refractivity (Wildman–Crippen MR) is 199 cm³/mol. The Kier molecular flexibility index (Phi) is 18.8. The summed E-state index contributed by atoms with van der Waals surface area (Å²) in [5, 5.41) is 8.44. The van der Waals surface area contributed by atoms with Crippen LogP contribution in [0, 0.1) is 18.8 Å². The molecule has 3 rings (SSSR count). The second-order valence-corrected chi connectivity index (χ2v) is 14.4. The zero-order valence-corrected chi connectivity index (χ0v) is 33.1. The summed E-state index contributed by atoms with van der Waals surface area (Å²) >= 11 is 0. The van der Waals surface area contributed by atoms with E-state index in [0.29, 0.717) is 63.3 Å². The number of aromatic amines is 1. The molecular weight excluding hydrogens is 702 g/mol. The first-order chi connectivity index (χ1) is 25.8. The third-order valence-electron chi connectivity index (χ3n) is 10.4. The van der Waals surface area contributed by atoms with Gasteiger partial charge < -0.3 is 39.6 Å². The monoisotopic (exact) mass is 765 g/mol. The molecule has 2 aliphatic rings. The summed E-state index contributed by atoms with van der Waals surface area (Å²) in [4.78, 5) is 75.7. The van der Waals surface area contributed by atoms with Crippen molar-refractivity contribution in [2.75, 3.05) is 26.8 Å². The number of aryl methyl sites for hydroxylation is 1. The molecule has 2 aliphatic heterocycles. The minimum Gasteiger partial charge on any atom is -0.455 e. The number of unbranched alkanes of at least 4 members (excludes halogenated alkanes) is 4. The van der Waals surface area contributed by atoms with Crippen LogP contribution in [-0.4, -0.2) is 96.8 Å². The predicted octanol–water partition coefficient (Wildman–Crippen LogP) is 2.75. The summed E-state index contributed by atoms with van der Waals surface area (Å²) in [5.74, 6) is -0.550. The van der Waals surface area contributed by atoms with Crippen LogP contribution in [0.15, 0.2) is 15.8 Å². The van der Waals surface area contributed by atoms with Crippen LogP contribution in [0.5, 0.6) is 0 Å². The molecule has 16 heteroatoms. The average molecular weight is 766 g/mol. The number of rotatable bonds is 22. The molecule has 2 saturated heterocycles. The van der Waals surface area contributed by atoms with Crippen LogP contribution in [0.2, 0.25) is 0 Å². The lowest BCUT2D eigenvalue weighted by Gasteiger charge is -2.44. The van der Waals surface area contributed by atoms with Crippen LogP contribution in [0.3, 0.4) is 0 Å². The summed E-state index contributed by atoms with van der Waals surface area (Å²) in [6.45, 7) is 12.7. The molecule has 3 amide bonds. The third-order valence-corrected chi connectivity index (χ3v) is 10.4. The summed E-state index contributed by atoms with van der Waals surface area (Å²) < 4.78 is 31.6. The Bertz CT molecular complexity index is 1480. The zero-order valence-electron chi connectivity index (χ0n) is 33.1. The Morgan fingerprint density at radius 3 is 2.20 bits per heavy atom. The number of hydrogen-bond donors (Lipinski definition) is 4. The van der Waals surface area contributed by atoms with E-state index < -0.39 is 48.0 Å². The highest BCUT2D eigenvalue weighted by Gasteiger charge is 2.48. The van der Waals surface area contributed by atoms with Crippen LogP contribution in [-0.2, 0) is 42.9 Å². The molecule has 16 nitrogen and oxygen atoms in total. The van der Waals surface area contributed by atoms with Crippen molar-refractivity contribution < 1.29 is 42.9 Å². The van der Waals surface area contributed by atoms with Gasteiger partial charge in [0.15, 0.2) is 18.6 Å². The molecule has 2 fully saturated rings. The van der Waals surface area contributed by atoms with Gasteiger partial charge in [-0.15, -0.1) is 0 Å². The number of hydrogen-bond acceptors (Lipinski definition) is 11. The number of nitrogens with one attached hydrogen (secondary N) is 4. The molecule has 4 N–H and O–H groups in total. The SMILES string of the molecule is CC[C@H]1O[C@@H](n2cc(C)c(=O)[nH]c2=O)[C@@H](OC(=O)CCC(=O)NC)C1OCCCCCCNC(=O)CCCCO[C@@H]1O[C@H](CC)[C@H](C)[C@H](C)[C@H]1NC(C)=O. The molecule has 0 aromatic carbocycles. The quantitative estimate of drug-likeness (QED) is 0.0998. The van der Waals surface area contributed by atoms with Crippen molar-refractivity contribution in [3.8, 4) is 0 Å². The normalized spacial score (nSPS) is 26.6. The third kappa shape index (κ3) is 13.3. The zero-order chi connectivity index (χ0) is 39.8. The van der Waals surface area contributed by atoms with Gasteiger partial charge in [0.05, 0.1) is 24.7 Å². The number of carbonyl (C=O) groups excluding carboxylic acids is 4. The van der Waals surface area contributed by atoms with Crippen molar-refractivity contribution in [2.24, 2.45) is 11.8 Å². The number of nitrogens with zero attached hydrogens (tertiary/aromatic N) is 1.